The van der Waals surface area contributed by atoms with Gasteiger partial charge in [-0.25, -0.2) is 0 Å². The molecule has 0 heterocycles. The Labute approximate surface area is 210 Å². The first-order chi connectivity index (χ1) is 16.9. The number of benzene rings is 3. The summed E-state index contributed by atoms with van der Waals surface area (Å²) in [5, 5.41) is 0. The van der Waals surface area contributed by atoms with Gasteiger partial charge >= 0.3 is 0 Å². The van der Waals surface area contributed by atoms with Crippen LogP contribution in [0.15, 0.2) is 78.9 Å². The van der Waals surface area contributed by atoms with Crippen LogP contribution in [0.3, 0.4) is 0 Å². The number of amides is 1. The van der Waals surface area contributed by atoms with E-state index in [-0.39, 0.29) is 24.0 Å². The van der Waals surface area contributed by atoms with Crippen molar-refractivity contribution in [3.8, 4) is 16.9 Å². The summed E-state index contributed by atoms with van der Waals surface area (Å²) in [6, 6.07) is 26.7. The number of anilines is 1. The fourth-order valence-corrected chi connectivity index (χ4v) is 4.58. The molecule has 1 aliphatic carbocycles. The monoisotopic (exact) mass is 470 g/mol. The third-order valence-electron chi connectivity index (χ3n) is 7.11. The minimum atomic E-state index is -0.0638. The van der Waals surface area contributed by atoms with Gasteiger partial charge in [0.1, 0.15) is 5.75 Å². The lowest BCUT2D eigenvalue weighted by molar-refractivity contribution is -0.120. The topological polar surface area (TPSA) is 55.6 Å². The first-order valence-electron chi connectivity index (χ1n) is 12.9. The normalized spacial score (nSPS) is 18.7. The van der Waals surface area contributed by atoms with Crippen LogP contribution >= 0.6 is 0 Å². The molecule has 35 heavy (non-hydrogen) atoms. The molecule has 4 nitrogen and oxygen atoms in total. The molecule has 0 aliphatic heterocycles. The molecule has 2 N–H and O–H groups in total. The van der Waals surface area contributed by atoms with Crippen LogP contribution < -0.4 is 15.4 Å². The van der Waals surface area contributed by atoms with Crippen molar-refractivity contribution in [1.29, 1.82) is 0 Å². The van der Waals surface area contributed by atoms with Gasteiger partial charge in [-0.3, -0.25) is 4.79 Å². The van der Waals surface area contributed by atoms with Gasteiger partial charge in [0.2, 0.25) is 5.91 Å². The van der Waals surface area contributed by atoms with Crippen molar-refractivity contribution < 1.29 is 9.53 Å². The van der Waals surface area contributed by atoms with Crippen molar-refractivity contribution in [2.24, 2.45) is 17.6 Å². The minimum Gasteiger partial charge on any atom is -0.491 e. The molecule has 0 bridgehead atoms. The Morgan fingerprint density at radius 1 is 0.943 bits per heavy atom. The van der Waals surface area contributed by atoms with E-state index in [0.717, 1.165) is 35.4 Å². The Hall–Kier alpha value is -3.11. The first-order valence-corrected chi connectivity index (χ1v) is 12.9. The number of hydrogen-bond acceptors (Lipinski definition) is 3. The van der Waals surface area contributed by atoms with Gasteiger partial charge in [0.05, 0.1) is 6.10 Å². The lowest BCUT2D eigenvalue weighted by Gasteiger charge is -2.29. The van der Waals surface area contributed by atoms with E-state index in [1.165, 1.54) is 5.56 Å². The van der Waals surface area contributed by atoms with Gasteiger partial charge in [-0.2, -0.15) is 0 Å². The fourth-order valence-electron chi connectivity index (χ4n) is 4.58. The molecule has 3 aromatic carbocycles. The second kappa shape index (κ2) is 11.1. The van der Waals surface area contributed by atoms with Gasteiger partial charge in [-0.15, -0.1) is 0 Å². The van der Waals surface area contributed by atoms with Crippen molar-refractivity contribution in [2.75, 3.05) is 11.4 Å². The maximum Gasteiger partial charge on any atom is 0.230 e. The number of rotatable bonds is 10. The Morgan fingerprint density at radius 2 is 1.54 bits per heavy atom. The van der Waals surface area contributed by atoms with E-state index in [1.807, 2.05) is 49.1 Å². The van der Waals surface area contributed by atoms with Crippen LogP contribution in [0.1, 0.15) is 52.0 Å². The summed E-state index contributed by atoms with van der Waals surface area (Å²) in [4.78, 5) is 15.6. The molecule has 0 spiro atoms. The standard InChI is InChI=1S/C31H38N2O2/c1-5-22(4)30(32)20-33(31(34)29-19-28(29)25-9-7-6-8-10-25)26-15-11-23(12-16-26)24-13-17-27(18-14-24)35-21(2)3/h6-18,21-22,28-30H,5,19-20,32H2,1-4H3/t22-,28-,29+,30+/m0/s1. The highest BCUT2D eigenvalue weighted by Crippen LogP contribution is 2.49. The van der Waals surface area contributed by atoms with E-state index in [4.69, 9.17) is 10.5 Å². The van der Waals surface area contributed by atoms with Crippen LogP contribution in [0.5, 0.6) is 5.75 Å². The predicted octanol–water partition coefficient (Wildman–Crippen LogP) is 6.65. The fraction of sp³-hybridized carbons (Fsp3) is 0.387. The summed E-state index contributed by atoms with van der Waals surface area (Å²) in [5.41, 5.74) is 10.9. The molecule has 4 heteroatoms. The average molecular weight is 471 g/mol. The summed E-state index contributed by atoms with van der Waals surface area (Å²) in [6.07, 6.45) is 2.05. The summed E-state index contributed by atoms with van der Waals surface area (Å²) < 4.78 is 5.76. The van der Waals surface area contributed by atoms with Crippen molar-refractivity contribution in [1.82, 2.24) is 0 Å². The summed E-state index contributed by atoms with van der Waals surface area (Å²) >= 11 is 0. The molecule has 0 saturated heterocycles. The van der Waals surface area contributed by atoms with Crippen LogP contribution in [-0.2, 0) is 4.79 Å². The van der Waals surface area contributed by atoms with Crippen molar-refractivity contribution in [2.45, 2.75) is 58.6 Å². The summed E-state index contributed by atoms with van der Waals surface area (Å²) in [6.45, 7) is 8.89. The second-order valence-electron chi connectivity index (χ2n) is 10.1. The lowest BCUT2D eigenvalue weighted by Crippen LogP contribution is -2.45. The quantitative estimate of drug-likeness (QED) is 0.361. The van der Waals surface area contributed by atoms with Gasteiger partial charge in [0.15, 0.2) is 0 Å². The molecular weight excluding hydrogens is 432 g/mol. The number of carbonyl (C=O) groups is 1. The maximum absolute atomic E-state index is 13.7. The van der Waals surface area contributed by atoms with Crippen LogP contribution in [-0.4, -0.2) is 24.6 Å². The zero-order valence-corrected chi connectivity index (χ0v) is 21.4. The van der Waals surface area contributed by atoms with E-state index < -0.39 is 0 Å². The number of ether oxygens (including phenoxy) is 1. The van der Waals surface area contributed by atoms with Gasteiger partial charge < -0.3 is 15.4 Å². The molecule has 0 radical (unpaired) electrons. The molecule has 0 aromatic heterocycles. The molecule has 4 rings (SSSR count). The second-order valence-corrected chi connectivity index (χ2v) is 10.1. The summed E-state index contributed by atoms with van der Waals surface area (Å²) in [7, 11) is 0. The molecule has 4 atom stereocenters. The number of nitrogens with two attached hydrogens (primary N) is 1. The Balaban J connectivity index is 1.53. The number of nitrogens with zero attached hydrogens (tertiary/aromatic N) is 1. The van der Waals surface area contributed by atoms with Gasteiger partial charge in [0, 0.05) is 24.2 Å². The third kappa shape index (κ3) is 6.12. The zero-order chi connectivity index (χ0) is 24.9. The Kier molecular flexibility index (Phi) is 7.92. The molecule has 1 amide bonds. The predicted molar refractivity (Wildman–Crippen MR) is 145 cm³/mol. The van der Waals surface area contributed by atoms with Crippen molar-refractivity contribution in [3.05, 3.63) is 84.4 Å². The number of carbonyl (C=O) groups excluding carboxylic acids is 1. The van der Waals surface area contributed by atoms with Gasteiger partial charge in [0.25, 0.3) is 0 Å². The van der Waals surface area contributed by atoms with Gasteiger partial charge in [-0.05, 0) is 73.1 Å². The highest BCUT2D eigenvalue weighted by atomic mass is 16.5. The maximum atomic E-state index is 13.7. The first kappa shape index (κ1) is 25.0. The molecule has 3 aromatic rings. The van der Waals surface area contributed by atoms with Crippen molar-refractivity contribution in [3.63, 3.8) is 0 Å². The Bertz CT molecular complexity index is 1090. The average Bonchev–Trinajstić information content (AvgIpc) is 3.68. The van der Waals surface area contributed by atoms with Crippen LogP contribution in [0, 0.1) is 11.8 Å². The SMILES string of the molecule is CC[C@H](C)[C@H](N)CN(C(=O)[C@@H]1C[C@H]1c1ccccc1)c1ccc(-c2ccc(OC(C)C)cc2)cc1. The van der Waals surface area contributed by atoms with E-state index in [1.54, 1.807) is 0 Å². The number of hydrogen-bond donors (Lipinski definition) is 1. The van der Waals surface area contributed by atoms with E-state index in [2.05, 4.69) is 62.4 Å². The molecular formula is C31H38N2O2. The smallest absolute Gasteiger partial charge is 0.230 e. The highest BCUT2D eigenvalue weighted by Gasteiger charge is 2.46. The van der Waals surface area contributed by atoms with E-state index >= 15 is 0 Å². The van der Waals surface area contributed by atoms with Crippen LogP contribution in [0.25, 0.3) is 11.1 Å². The molecule has 184 valence electrons. The van der Waals surface area contributed by atoms with Crippen molar-refractivity contribution >= 4 is 11.6 Å². The zero-order valence-electron chi connectivity index (χ0n) is 21.4. The van der Waals surface area contributed by atoms with Crippen LogP contribution in [0.2, 0.25) is 0 Å². The molecule has 0 unspecified atom stereocenters. The minimum absolute atomic E-state index is 0.0229. The Morgan fingerprint density at radius 3 is 2.11 bits per heavy atom. The van der Waals surface area contributed by atoms with E-state index in [9.17, 15) is 4.79 Å². The largest absolute Gasteiger partial charge is 0.491 e. The lowest BCUT2D eigenvalue weighted by atomic mass is 9.98. The van der Waals surface area contributed by atoms with Gasteiger partial charge in [-0.1, -0.05) is 74.9 Å². The molecule has 1 saturated carbocycles. The highest BCUT2D eigenvalue weighted by molar-refractivity contribution is 5.97. The van der Waals surface area contributed by atoms with Crippen LogP contribution in [0.4, 0.5) is 5.69 Å². The summed E-state index contributed by atoms with van der Waals surface area (Å²) in [5.74, 6) is 1.72. The van der Waals surface area contributed by atoms with E-state index in [0.29, 0.717) is 18.4 Å². The third-order valence-corrected chi connectivity index (χ3v) is 7.11. The molecule has 1 aliphatic rings. The molecule has 1 fully saturated rings.